The van der Waals surface area contributed by atoms with Crippen LogP contribution < -0.4 is 5.32 Å². The van der Waals surface area contributed by atoms with Crippen molar-refractivity contribution in [3.63, 3.8) is 0 Å². The second kappa shape index (κ2) is 5.57. The van der Waals surface area contributed by atoms with Crippen molar-refractivity contribution in [1.29, 1.82) is 0 Å². The molecule has 0 unspecified atom stereocenters. The third-order valence-electron chi connectivity index (χ3n) is 2.21. The maximum atomic E-state index is 6.16. The topological polar surface area (TPSA) is 55.6 Å². The lowest BCUT2D eigenvalue weighted by atomic mass is 10.3. The fourth-order valence-corrected chi connectivity index (χ4v) is 2.15. The third kappa shape index (κ3) is 2.83. The lowest BCUT2D eigenvalue weighted by molar-refractivity contribution is 0.664. The molecule has 0 fully saturated rings. The highest BCUT2D eigenvalue weighted by molar-refractivity contribution is 9.10. The van der Waals surface area contributed by atoms with Crippen LogP contribution in [0.15, 0.2) is 22.7 Å². The number of tetrazole rings is 1. The van der Waals surface area contributed by atoms with E-state index in [4.69, 9.17) is 11.6 Å². The Kier molecular flexibility index (Phi) is 4.09. The van der Waals surface area contributed by atoms with Crippen LogP contribution in [0.4, 0.5) is 0 Å². The molecule has 0 bridgehead atoms. The van der Waals surface area contributed by atoms with Crippen LogP contribution in [0.3, 0.4) is 0 Å². The van der Waals surface area contributed by atoms with Gasteiger partial charge in [-0.3, -0.25) is 0 Å². The van der Waals surface area contributed by atoms with Gasteiger partial charge in [0.25, 0.3) is 0 Å². The Labute approximate surface area is 112 Å². The number of nitrogens with one attached hydrogen (secondary N) is 1. The van der Waals surface area contributed by atoms with Gasteiger partial charge in [0, 0.05) is 4.47 Å². The molecule has 0 atom stereocenters. The molecular formula is C10H11BrClN5. The molecule has 0 aliphatic rings. The van der Waals surface area contributed by atoms with E-state index in [0.29, 0.717) is 11.6 Å². The molecule has 7 heteroatoms. The summed E-state index contributed by atoms with van der Waals surface area (Å²) in [6.45, 7) is 3.50. The summed E-state index contributed by atoms with van der Waals surface area (Å²) in [6, 6.07) is 5.59. The van der Waals surface area contributed by atoms with Crippen LogP contribution in [-0.4, -0.2) is 26.8 Å². The molecule has 1 aromatic carbocycles. The average Bonchev–Trinajstić information content (AvgIpc) is 2.74. The minimum absolute atomic E-state index is 0.601. The monoisotopic (exact) mass is 315 g/mol. The molecular weight excluding hydrogens is 306 g/mol. The molecule has 1 N–H and O–H groups in total. The molecule has 1 heterocycles. The lowest BCUT2D eigenvalue weighted by Crippen LogP contribution is -2.16. The van der Waals surface area contributed by atoms with Crippen molar-refractivity contribution in [3.05, 3.63) is 33.5 Å². The van der Waals surface area contributed by atoms with E-state index in [-0.39, 0.29) is 0 Å². The summed E-state index contributed by atoms with van der Waals surface area (Å²) in [5.74, 6) is 0.732. The lowest BCUT2D eigenvalue weighted by Gasteiger charge is -2.07. The van der Waals surface area contributed by atoms with Gasteiger partial charge in [-0.2, -0.15) is 4.68 Å². The predicted molar refractivity (Wildman–Crippen MR) is 69.2 cm³/mol. The van der Waals surface area contributed by atoms with E-state index >= 15 is 0 Å². The zero-order chi connectivity index (χ0) is 12.3. The third-order valence-corrected chi connectivity index (χ3v) is 3.00. The zero-order valence-electron chi connectivity index (χ0n) is 9.19. The average molecular weight is 317 g/mol. The van der Waals surface area contributed by atoms with Crippen LogP contribution in [0.2, 0.25) is 5.02 Å². The minimum atomic E-state index is 0.601. The highest BCUT2D eigenvalue weighted by atomic mass is 79.9. The summed E-state index contributed by atoms with van der Waals surface area (Å²) in [5, 5.41) is 15.4. The van der Waals surface area contributed by atoms with E-state index in [9.17, 15) is 0 Å². The fraction of sp³-hybridized carbons (Fsp3) is 0.300. The SMILES string of the molecule is CCNCc1nnnn1-c1ccc(Br)cc1Cl. The Balaban J connectivity index is 2.35. The Morgan fingerprint density at radius 2 is 2.29 bits per heavy atom. The number of aromatic nitrogens is 4. The van der Waals surface area contributed by atoms with Crippen molar-refractivity contribution < 1.29 is 0 Å². The molecule has 1 aromatic heterocycles. The minimum Gasteiger partial charge on any atom is -0.310 e. The molecule has 0 spiro atoms. The van der Waals surface area contributed by atoms with E-state index in [1.807, 2.05) is 25.1 Å². The summed E-state index contributed by atoms with van der Waals surface area (Å²) >= 11 is 9.52. The van der Waals surface area contributed by atoms with Gasteiger partial charge in [0.15, 0.2) is 5.82 Å². The number of rotatable bonds is 4. The van der Waals surface area contributed by atoms with Crippen LogP contribution in [0.5, 0.6) is 0 Å². The molecule has 0 aliphatic carbocycles. The first-order valence-electron chi connectivity index (χ1n) is 5.15. The van der Waals surface area contributed by atoms with Gasteiger partial charge < -0.3 is 5.32 Å². The summed E-state index contributed by atoms with van der Waals surface area (Å²) in [7, 11) is 0. The first-order chi connectivity index (χ1) is 8.22. The first-order valence-corrected chi connectivity index (χ1v) is 6.33. The van der Waals surface area contributed by atoms with Crippen LogP contribution >= 0.6 is 27.5 Å². The highest BCUT2D eigenvalue weighted by Crippen LogP contribution is 2.24. The summed E-state index contributed by atoms with van der Waals surface area (Å²) in [4.78, 5) is 0. The molecule has 2 aromatic rings. The molecule has 90 valence electrons. The number of benzene rings is 1. The quantitative estimate of drug-likeness (QED) is 0.939. The second-order valence-corrected chi connectivity index (χ2v) is 4.71. The molecule has 0 saturated heterocycles. The number of halogens is 2. The fourth-order valence-electron chi connectivity index (χ4n) is 1.39. The summed E-state index contributed by atoms with van der Waals surface area (Å²) in [5.41, 5.74) is 0.771. The predicted octanol–water partition coefficient (Wildman–Crippen LogP) is 2.19. The van der Waals surface area contributed by atoms with Crippen LogP contribution in [0.1, 0.15) is 12.7 Å². The van der Waals surface area contributed by atoms with Crippen LogP contribution in [0.25, 0.3) is 5.69 Å². The van der Waals surface area contributed by atoms with Gasteiger partial charge >= 0.3 is 0 Å². The van der Waals surface area contributed by atoms with Crippen molar-refractivity contribution in [1.82, 2.24) is 25.5 Å². The van der Waals surface area contributed by atoms with E-state index < -0.39 is 0 Å². The number of nitrogens with zero attached hydrogens (tertiary/aromatic N) is 4. The Morgan fingerprint density at radius 3 is 3.00 bits per heavy atom. The molecule has 0 amide bonds. The largest absolute Gasteiger partial charge is 0.310 e. The Morgan fingerprint density at radius 1 is 1.47 bits per heavy atom. The van der Waals surface area contributed by atoms with E-state index in [1.54, 1.807) is 4.68 Å². The van der Waals surface area contributed by atoms with Gasteiger partial charge in [0.05, 0.1) is 17.3 Å². The Hall–Kier alpha value is -0.980. The van der Waals surface area contributed by atoms with E-state index in [0.717, 1.165) is 22.5 Å². The van der Waals surface area contributed by atoms with Crippen molar-refractivity contribution in [2.24, 2.45) is 0 Å². The molecule has 17 heavy (non-hydrogen) atoms. The zero-order valence-corrected chi connectivity index (χ0v) is 11.5. The van der Waals surface area contributed by atoms with Crippen molar-refractivity contribution >= 4 is 27.5 Å². The molecule has 5 nitrogen and oxygen atoms in total. The maximum Gasteiger partial charge on any atom is 0.170 e. The van der Waals surface area contributed by atoms with Gasteiger partial charge in [-0.05, 0) is 35.2 Å². The van der Waals surface area contributed by atoms with Gasteiger partial charge in [0.2, 0.25) is 0 Å². The van der Waals surface area contributed by atoms with Gasteiger partial charge in [-0.15, -0.1) is 5.10 Å². The molecule has 0 saturated carbocycles. The summed E-state index contributed by atoms with van der Waals surface area (Å²) < 4.78 is 2.56. The smallest absolute Gasteiger partial charge is 0.170 e. The van der Waals surface area contributed by atoms with Gasteiger partial charge in [-0.1, -0.05) is 34.5 Å². The first kappa shape index (κ1) is 12.5. The molecule has 0 aliphatic heterocycles. The van der Waals surface area contributed by atoms with E-state index in [1.165, 1.54) is 0 Å². The molecule has 0 radical (unpaired) electrons. The maximum absolute atomic E-state index is 6.16. The van der Waals surface area contributed by atoms with Crippen molar-refractivity contribution in [2.75, 3.05) is 6.54 Å². The molecule has 2 rings (SSSR count). The van der Waals surface area contributed by atoms with Crippen LogP contribution in [-0.2, 0) is 6.54 Å². The van der Waals surface area contributed by atoms with Gasteiger partial charge in [-0.25, -0.2) is 0 Å². The van der Waals surface area contributed by atoms with Gasteiger partial charge in [0.1, 0.15) is 0 Å². The summed E-state index contributed by atoms with van der Waals surface area (Å²) in [6.07, 6.45) is 0. The van der Waals surface area contributed by atoms with Crippen molar-refractivity contribution in [2.45, 2.75) is 13.5 Å². The Bertz CT molecular complexity index is 513. The normalized spacial score (nSPS) is 10.8. The number of hydrogen-bond acceptors (Lipinski definition) is 4. The van der Waals surface area contributed by atoms with E-state index in [2.05, 4.69) is 36.8 Å². The standard InChI is InChI=1S/C10H11BrClN5/c1-2-13-6-10-14-15-16-17(10)9-4-3-7(11)5-8(9)12/h3-5,13H,2,6H2,1H3. The van der Waals surface area contributed by atoms with Crippen LogP contribution in [0, 0.1) is 0 Å². The second-order valence-electron chi connectivity index (χ2n) is 3.38. The van der Waals surface area contributed by atoms with Crippen molar-refractivity contribution in [3.8, 4) is 5.69 Å². The number of hydrogen-bond donors (Lipinski definition) is 1. The highest BCUT2D eigenvalue weighted by Gasteiger charge is 2.10.